The van der Waals surface area contributed by atoms with Crippen LogP contribution in [0.25, 0.3) is 11.4 Å². The van der Waals surface area contributed by atoms with E-state index in [9.17, 15) is 10.2 Å². The fourth-order valence-corrected chi connectivity index (χ4v) is 3.00. The highest BCUT2D eigenvalue weighted by molar-refractivity contribution is 5.68. The summed E-state index contributed by atoms with van der Waals surface area (Å²) in [5.41, 5.74) is 3.26. The molecule has 1 aliphatic carbocycles. The highest BCUT2D eigenvalue weighted by Gasteiger charge is 2.38. The van der Waals surface area contributed by atoms with Crippen LogP contribution in [-0.4, -0.2) is 37.0 Å². The molecule has 0 amide bonds. The van der Waals surface area contributed by atoms with Gasteiger partial charge in [0.15, 0.2) is 5.82 Å². The summed E-state index contributed by atoms with van der Waals surface area (Å²) >= 11 is 0. The van der Waals surface area contributed by atoms with Crippen molar-refractivity contribution < 1.29 is 10.2 Å². The molecule has 23 heavy (non-hydrogen) atoms. The van der Waals surface area contributed by atoms with Crippen molar-refractivity contribution >= 4 is 5.82 Å². The van der Waals surface area contributed by atoms with Crippen molar-refractivity contribution in [2.24, 2.45) is 0 Å². The zero-order chi connectivity index (χ0) is 16.8. The minimum absolute atomic E-state index is 0.109. The largest absolute Gasteiger partial charge is 0.506 e. The van der Waals surface area contributed by atoms with Gasteiger partial charge in [-0.25, -0.2) is 0 Å². The Morgan fingerprint density at radius 1 is 1.13 bits per heavy atom. The summed E-state index contributed by atoms with van der Waals surface area (Å²) in [7, 11) is 0. The van der Waals surface area contributed by atoms with E-state index in [4.69, 9.17) is 0 Å². The third kappa shape index (κ3) is 2.99. The number of aromatic hydroxyl groups is 1. The quantitative estimate of drug-likeness (QED) is 0.806. The van der Waals surface area contributed by atoms with Crippen LogP contribution in [0.3, 0.4) is 0 Å². The van der Waals surface area contributed by atoms with Gasteiger partial charge in [-0.1, -0.05) is 0 Å². The molecule has 2 aromatic rings. The van der Waals surface area contributed by atoms with E-state index in [0.29, 0.717) is 24.2 Å². The Morgan fingerprint density at radius 2 is 1.83 bits per heavy atom. The first-order valence-corrected chi connectivity index (χ1v) is 7.75. The number of rotatable bonds is 3. The van der Waals surface area contributed by atoms with Gasteiger partial charge in [-0.15, -0.1) is 10.2 Å². The molecule has 0 atom stereocenters. The lowest BCUT2D eigenvalue weighted by Crippen LogP contribution is -2.48. The van der Waals surface area contributed by atoms with Gasteiger partial charge in [0.1, 0.15) is 17.1 Å². The van der Waals surface area contributed by atoms with E-state index >= 15 is 0 Å². The number of aryl methyl sites for hydroxylation is 1. The van der Waals surface area contributed by atoms with Crippen molar-refractivity contribution in [2.75, 3.05) is 5.32 Å². The van der Waals surface area contributed by atoms with Gasteiger partial charge in [0, 0.05) is 12.2 Å². The Labute approximate surface area is 135 Å². The molecule has 0 spiro atoms. The maximum absolute atomic E-state index is 10.1. The second-order valence-electron chi connectivity index (χ2n) is 6.77. The summed E-state index contributed by atoms with van der Waals surface area (Å²) in [5, 5.41) is 31.8. The second-order valence-corrected chi connectivity index (χ2v) is 6.77. The number of aromatic nitrogens is 3. The smallest absolute Gasteiger partial charge is 0.152 e. The number of hydrogen-bond donors (Lipinski definition) is 3. The van der Waals surface area contributed by atoms with Gasteiger partial charge in [0.25, 0.3) is 0 Å². The maximum Gasteiger partial charge on any atom is 0.152 e. The molecule has 0 unspecified atom stereocenters. The van der Waals surface area contributed by atoms with E-state index < -0.39 is 5.60 Å². The van der Waals surface area contributed by atoms with E-state index in [2.05, 4.69) is 20.5 Å². The third-order valence-corrected chi connectivity index (χ3v) is 4.46. The van der Waals surface area contributed by atoms with Gasteiger partial charge >= 0.3 is 0 Å². The Hall–Kier alpha value is -2.21. The molecule has 2 aromatic heterocycles. The van der Waals surface area contributed by atoms with Gasteiger partial charge in [0.2, 0.25) is 0 Å². The molecule has 2 heterocycles. The molecule has 122 valence electrons. The molecule has 6 heteroatoms. The Kier molecular flexibility index (Phi) is 3.72. The summed E-state index contributed by atoms with van der Waals surface area (Å²) in [6.07, 6.45) is 3.11. The average Bonchev–Trinajstić information content (AvgIpc) is 2.43. The van der Waals surface area contributed by atoms with E-state index in [0.717, 1.165) is 22.5 Å². The summed E-state index contributed by atoms with van der Waals surface area (Å²) in [6, 6.07) is 1.88. The van der Waals surface area contributed by atoms with Gasteiger partial charge in [0.05, 0.1) is 5.60 Å². The first-order chi connectivity index (χ1) is 10.8. The lowest BCUT2D eigenvalue weighted by Gasteiger charge is -2.41. The van der Waals surface area contributed by atoms with Gasteiger partial charge in [-0.2, -0.15) is 0 Å². The first-order valence-electron chi connectivity index (χ1n) is 7.75. The van der Waals surface area contributed by atoms with Crippen LogP contribution in [0.2, 0.25) is 0 Å². The molecule has 0 aromatic carbocycles. The molecule has 0 saturated heterocycles. The van der Waals surface area contributed by atoms with Crippen molar-refractivity contribution in [1.82, 2.24) is 15.2 Å². The van der Waals surface area contributed by atoms with Crippen LogP contribution in [0.5, 0.6) is 5.75 Å². The molecular formula is C17H22N4O2. The fraction of sp³-hybridized carbons (Fsp3) is 0.471. The second kappa shape index (κ2) is 5.45. The molecule has 0 radical (unpaired) electrons. The highest BCUT2D eigenvalue weighted by Crippen LogP contribution is 2.35. The molecule has 0 aliphatic heterocycles. The zero-order valence-electron chi connectivity index (χ0n) is 13.9. The molecule has 1 saturated carbocycles. The van der Waals surface area contributed by atoms with Crippen LogP contribution < -0.4 is 5.32 Å². The monoisotopic (exact) mass is 314 g/mol. The van der Waals surface area contributed by atoms with Gasteiger partial charge < -0.3 is 15.5 Å². The summed E-state index contributed by atoms with van der Waals surface area (Å²) in [6.45, 7) is 7.63. The van der Waals surface area contributed by atoms with Crippen molar-refractivity contribution in [2.45, 2.75) is 52.2 Å². The van der Waals surface area contributed by atoms with Crippen molar-refractivity contribution in [3.05, 3.63) is 29.0 Å². The number of nitrogens with one attached hydrogen (secondary N) is 1. The SMILES string of the molecule is Cc1cnc(-c2nnc(NC3CC(C)(O)C3)c(C)c2C)c(O)c1. The van der Waals surface area contributed by atoms with Crippen LogP contribution >= 0.6 is 0 Å². The lowest BCUT2D eigenvalue weighted by atomic mass is 9.77. The van der Waals surface area contributed by atoms with E-state index in [1.807, 2.05) is 27.7 Å². The number of nitrogens with zero attached hydrogens (tertiary/aromatic N) is 3. The van der Waals surface area contributed by atoms with Crippen LogP contribution in [0, 0.1) is 20.8 Å². The molecule has 3 rings (SSSR count). The number of hydrogen-bond acceptors (Lipinski definition) is 6. The van der Waals surface area contributed by atoms with Crippen molar-refractivity contribution in [3.63, 3.8) is 0 Å². The van der Waals surface area contributed by atoms with E-state index in [1.165, 1.54) is 0 Å². The molecule has 1 fully saturated rings. The highest BCUT2D eigenvalue weighted by atomic mass is 16.3. The third-order valence-electron chi connectivity index (χ3n) is 4.46. The molecule has 0 bridgehead atoms. The topological polar surface area (TPSA) is 91.2 Å². The van der Waals surface area contributed by atoms with E-state index in [-0.39, 0.29) is 11.8 Å². The zero-order valence-corrected chi connectivity index (χ0v) is 13.9. The molecule has 3 N–H and O–H groups in total. The number of pyridine rings is 1. The summed E-state index contributed by atoms with van der Waals surface area (Å²) in [5.74, 6) is 0.830. The predicted molar refractivity (Wildman–Crippen MR) is 88.4 cm³/mol. The number of aliphatic hydroxyl groups is 1. The summed E-state index contributed by atoms with van der Waals surface area (Å²) < 4.78 is 0. The lowest BCUT2D eigenvalue weighted by molar-refractivity contribution is -0.0235. The molecule has 1 aliphatic rings. The molecular weight excluding hydrogens is 292 g/mol. The van der Waals surface area contributed by atoms with Crippen LogP contribution in [0.1, 0.15) is 36.5 Å². The normalized spacial score (nSPS) is 23.4. The standard InChI is InChI=1S/C17H22N4O2/c1-9-5-13(22)15(18-8-9)14-10(2)11(3)16(21-20-14)19-12-6-17(4,23)7-12/h5,8,12,22-23H,6-7H2,1-4H3,(H,19,21). The van der Waals surface area contributed by atoms with E-state index in [1.54, 1.807) is 12.3 Å². The maximum atomic E-state index is 10.1. The Bertz CT molecular complexity index is 750. The van der Waals surface area contributed by atoms with Crippen LogP contribution in [0.15, 0.2) is 12.3 Å². The number of anilines is 1. The average molecular weight is 314 g/mol. The Morgan fingerprint density at radius 3 is 2.43 bits per heavy atom. The van der Waals surface area contributed by atoms with Gasteiger partial charge in [-0.05, 0) is 63.3 Å². The molecule has 6 nitrogen and oxygen atoms in total. The van der Waals surface area contributed by atoms with Crippen LogP contribution in [-0.2, 0) is 0 Å². The first kappa shape index (κ1) is 15.7. The minimum Gasteiger partial charge on any atom is -0.506 e. The Balaban J connectivity index is 1.89. The van der Waals surface area contributed by atoms with Crippen molar-refractivity contribution in [3.8, 4) is 17.1 Å². The van der Waals surface area contributed by atoms with Gasteiger partial charge in [-0.3, -0.25) is 4.98 Å². The predicted octanol–water partition coefficient (Wildman–Crippen LogP) is 2.49. The van der Waals surface area contributed by atoms with Crippen LogP contribution in [0.4, 0.5) is 5.82 Å². The fourth-order valence-electron chi connectivity index (χ4n) is 3.00. The van der Waals surface area contributed by atoms with Crippen molar-refractivity contribution in [1.29, 1.82) is 0 Å². The summed E-state index contributed by atoms with van der Waals surface area (Å²) in [4.78, 5) is 4.28. The minimum atomic E-state index is -0.578.